The first-order valence-corrected chi connectivity index (χ1v) is 16.4. The highest BCUT2D eigenvalue weighted by atomic mass is 16.3. The van der Waals surface area contributed by atoms with Gasteiger partial charge in [0.15, 0.2) is 0 Å². The molecule has 1 heteroatoms. The predicted octanol–water partition coefficient (Wildman–Crippen LogP) is 13.3. The molecule has 0 N–H and O–H groups in total. The van der Waals surface area contributed by atoms with Crippen LogP contribution in [0.2, 0.25) is 0 Å². The van der Waals surface area contributed by atoms with Crippen molar-refractivity contribution in [1.82, 2.24) is 0 Å². The number of benzene rings is 8. The van der Waals surface area contributed by atoms with Gasteiger partial charge < -0.3 is 4.42 Å². The Kier molecular flexibility index (Phi) is 6.14. The molecule has 0 atom stereocenters. The maximum atomic E-state index is 6.73. The van der Waals surface area contributed by atoms with Gasteiger partial charge in [0.25, 0.3) is 0 Å². The molecule has 9 rings (SSSR count). The minimum atomic E-state index is 0.0662. The third-order valence-electron chi connectivity index (χ3n) is 9.82. The second-order valence-electron chi connectivity index (χ2n) is 13.7. The molecule has 9 aromatic rings. The number of para-hydroxylation sites is 1. The van der Waals surface area contributed by atoms with Crippen LogP contribution < -0.4 is 0 Å². The van der Waals surface area contributed by atoms with Crippen LogP contribution in [-0.4, -0.2) is 0 Å². The smallest absolute Gasteiger partial charge is 0.143 e. The van der Waals surface area contributed by atoms with Crippen LogP contribution in [0.3, 0.4) is 0 Å². The number of rotatable bonds is 3. The van der Waals surface area contributed by atoms with Gasteiger partial charge in [-0.2, -0.15) is 0 Å². The molecule has 0 radical (unpaired) electrons. The van der Waals surface area contributed by atoms with Gasteiger partial charge >= 0.3 is 0 Å². The molecule has 8 aromatic carbocycles. The molecule has 0 aliphatic heterocycles. The van der Waals surface area contributed by atoms with E-state index >= 15 is 0 Å². The number of furan rings is 1. The first-order valence-electron chi connectivity index (χ1n) is 16.4. The zero-order chi connectivity index (χ0) is 31.7. The fraction of sp³-hybridized carbons (Fsp3) is 0.0870. The van der Waals surface area contributed by atoms with E-state index in [2.05, 4.69) is 172 Å². The SMILES string of the molecule is CC(C)(C)c1ccc2cccc(-c3cccc4c3oc3ccc(-c5c6ccccc6c(-c6ccccc6)c6ccccc56)cc34)c2c1. The highest BCUT2D eigenvalue weighted by molar-refractivity contribution is 6.22. The van der Waals surface area contributed by atoms with E-state index in [0.717, 1.165) is 27.5 Å². The van der Waals surface area contributed by atoms with Crippen molar-refractivity contribution in [2.24, 2.45) is 0 Å². The second kappa shape index (κ2) is 10.4. The highest BCUT2D eigenvalue weighted by Gasteiger charge is 2.20. The lowest BCUT2D eigenvalue weighted by atomic mass is 9.84. The van der Waals surface area contributed by atoms with Crippen molar-refractivity contribution in [3.8, 4) is 33.4 Å². The van der Waals surface area contributed by atoms with Gasteiger partial charge in [-0.1, -0.05) is 154 Å². The minimum Gasteiger partial charge on any atom is -0.455 e. The van der Waals surface area contributed by atoms with Crippen molar-refractivity contribution < 1.29 is 4.42 Å². The van der Waals surface area contributed by atoms with Crippen molar-refractivity contribution in [2.75, 3.05) is 0 Å². The molecule has 0 amide bonds. The van der Waals surface area contributed by atoms with Crippen LogP contribution in [0.5, 0.6) is 0 Å². The van der Waals surface area contributed by atoms with E-state index in [1.54, 1.807) is 0 Å². The van der Waals surface area contributed by atoms with E-state index < -0.39 is 0 Å². The Hall–Kier alpha value is -5.66. The summed E-state index contributed by atoms with van der Waals surface area (Å²) in [5.74, 6) is 0. The summed E-state index contributed by atoms with van der Waals surface area (Å²) in [6, 6.07) is 55.2. The van der Waals surface area contributed by atoms with Crippen molar-refractivity contribution in [1.29, 1.82) is 0 Å². The van der Waals surface area contributed by atoms with Crippen LogP contribution in [-0.2, 0) is 5.41 Å². The molecule has 0 saturated carbocycles. The van der Waals surface area contributed by atoms with Crippen molar-refractivity contribution in [3.63, 3.8) is 0 Å². The molecule has 0 bridgehead atoms. The Bertz CT molecular complexity index is 2590. The summed E-state index contributed by atoms with van der Waals surface area (Å²) >= 11 is 0. The molecule has 0 aliphatic rings. The van der Waals surface area contributed by atoms with Gasteiger partial charge in [-0.15, -0.1) is 0 Å². The van der Waals surface area contributed by atoms with Gasteiger partial charge in [0.1, 0.15) is 11.2 Å². The quantitative estimate of drug-likeness (QED) is 0.183. The molecule has 0 spiro atoms. The van der Waals surface area contributed by atoms with E-state index in [-0.39, 0.29) is 5.41 Å². The van der Waals surface area contributed by atoms with Gasteiger partial charge in [-0.3, -0.25) is 0 Å². The average Bonchev–Trinajstić information content (AvgIpc) is 3.48. The van der Waals surface area contributed by atoms with Gasteiger partial charge in [-0.05, 0) is 89.3 Å². The van der Waals surface area contributed by atoms with Crippen LogP contribution in [0.25, 0.3) is 87.6 Å². The lowest BCUT2D eigenvalue weighted by molar-refractivity contribution is 0.591. The van der Waals surface area contributed by atoms with E-state index in [9.17, 15) is 0 Å². The van der Waals surface area contributed by atoms with Gasteiger partial charge in [0, 0.05) is 16.3 Å². The molecular weight excluding hydrogens is 569 g/mol. The first-order chi connectivity index (χ1) is 23.0. The first kappa shape index (κ1) is 27.6. The highest BCUT2D eigenvalue weighted by Crippen LogP contribution is 2.45. The Morgan fingerprint density at radius 3 is 1.68 bits per heavy atom. The summed E-state index contributed by atoms with van der Waals surface area (Å²) in [5.41, 5.74) is 10.5. The largest absolute Gasteiger partial charge is 0.455 e. The van der Waals surface area contributed by atoms with Crippen LogP contribution in [0, 0.1) is 0 Å². The molecule has 0 saturated heterocycles. The number of hydrogen-bond donors (Lipinski definition) is 0. The summed E-state index contributed by atoms with van der Waals surface area (Å²) in [4.78, 5) is 0. The molecule has 0 unspecified atom stereocenters. The summed E-state index contributed by atoms with van der Waals surface area (Å²) in [7, 11) is 0. The molecular formula is C46H34O. The zero-order valence-corrected chi connectivity index (χ0v) is 26.8. The van der Waals surface area contributed by atoms with E-state index in [4.69, 9.17) is 4.42 Å². The average molecular weight is 603 g/mol. The summed E-state index contributed by atoms with van der Waals surface area (Å²) < 4.78 is 6.73. The fourth-order valence-corrected chi connectivity index (χ4v) is 7.50. The van der Waals surface area contributed by atoms with Gasteiger partial charge in [0.05, 0.1) is 0 Å². The summed E-state index contributed by atoms with van der Waals surface area (Å²) in [6.45, 7) is 6.82. The number of hydrogen-bond acceptors (Lipinski definition) is 1. The second-order valence-corrected chi connectivity index (χ2v) is 13.7. The van der Waals surface area contributed by atoms with Crippen LogP contribution in [0.15, 0.2) is 156 Å². The Labute approximate surface area is 274 Å². The van der Waals surface area contributed by atoms with E-state index in [0.29, 0.717) is 0 Å². The third kappa shape index (κ3) is 4.38. The predicted molar refractivity (Wildman–Crippen MR) is 201 cm³/mol. The zero-order valence-electron chi connectivity index (χ0n) is 26.8. The van der Waals surface area contributed by atoms with E-state index in [1.165, 1.54) is 65.7 Å². The van der Waals surface area contributed by atoms with Crippen LogP contribution >= 0.6 is 0 Å². The normalized spacial score (nSPS) is 12.1. The van der Waals surface area contributed by atoms with Crippen molar-refractivity contribution in [2.45, 2.75) is 26.2 Å². The third-order valence-corrected chi connectivity index (χ3v) is 9.82. The molecule has 1 nitrogen and oxygen atoms in total. The Morgan fingerprint density at radius 1 is 0.404 bits per heavy atom. The van der Waals surface area contributed by atoms with Crippen molar-refractivity contribution in [3.05, 3.63) is 157 Å². The molecule has 0 aliphatic carbocycles. The lowest BCUT2D eigenvalue weighted by Crippen LogP contribution is -2.10. The molecule has 1 heterocycles. The molecule has 224 valence electrons. The Morgan fingerprint density at radius 2 is 1.00 bits per heavy atom. The van der Waals surface area contributed by atoms with Gasteiger partial charge in [-0.25, -0.2) is 0 Å². The Balaban J connectivity index is 1.29. The molecule has 47 heavy (non-hydrogen) atoms. The molecule has 1 aromatic heterocycles. The molecule has 0 fully saturated rings. The van der Waals surface area contributed by atoms with Crippen LogP contribution in [0.1, 0.15) is 26.3 Å². The monoisotopic (exact) mass is 602 g/mol. The standard InChI is InChI=1S/C46H34O/c1-46(2,3)32-25-23-29-15-11-20-33(40(29)28-32)38-21-12-22-39-41-27-31(24-26-42(41)47-45(38)39)44-36-18-9-7-16-34(36)43(30-13-5-4-6-14-30)35-17-8-10-19-37(35)44/h4-28H,1-3H3. The maximum absolute atomic E-state index is 6.73. The number of fused-ring (bicyclic) bond motifs is 6. The maximum Gasteiger partial charge on any atom is 0.143 e. The van der Waals surface area contributed by atoms with Gasteiger partial charge in [0.2, 0.25) is 0 Å². The van der Waals surface area contributed by atoms with Crippen molar-refractivity contribution >= 4 is 54.3 Å². The minimum absolute atomic E-state index is 0.0662. The summed E-state index contributed by atoms with van der Waals surface area (Å²) in [6.07, 6.45) is 0. The van der Waals surface area contributed by atoms with E-state index in [1.807, 2.05) is 0 Å². The fourth-order valence-electron chi connectivity index (χ4n) is 7.50. The van der Waals surface area contributed by atoms with Crippen LogP contribution in [0.4, 0.5) is 0 Å². The lowest BCUT2D eigenvalue weighted by Gasteiger charge is -2.20. The summed E-state index contributed by atoms with van der Waals surface area (Å²) in [5, 5.41) is 9.79. The topological polar surface area (TPSA) is 13.1 Å².